The van der Waals surface area contributed by atoms with Crippen LogP contribution in [0.15, 0.2) is 36.4 Å². The van der Waals surface area contributed by atoms with E-state index in [-0.39, 0.29) is 23.3 Å². The molecule has 0 bridgehead atoms. The summed E-state index contributed by atoms with van der Waals surface area (Å²) >= 11 is 0. The Labute approximate surface area is 170 Å². The highest BCUT2D eigenvalue weighted by Gasteiger charge is 2.54. The molecule has 1 aromatic heterocycles. The topological polar surface area (TPSA) is 77.5 Å². The molecule has 6 nitrogen and oxygen atoms in total. The molecule has 2 aromatic rings. The fourth-order valence-corrected chi connectivity index (χ4v) is 4.25. The Kier molecular flexibility index (Phi) is 5.37. The maximum atomic E-state index is 13.0. The predicted octanol–water partition coefficient (Wildman–Crippen LogP) is 3.07. The number of rotatable bonds is 7. The van der Waals surface area contributed by atoms with Gasteiger partial charge in [0.05, 0.1) is 20.3 Å². The zero-order chi connectivity index (χ0) is 20.5. The second-order valence-electron chi connectivity index (χ2n) is 7.90. The van der Waals surface area contributed by atoms with Crippen molar-refractivity contribution in [3.63, 3.8) is 0 Å². The molecule has 1 unspecified atom stereocenters. The van der Waals surface area contributed by atoms with Gasteiger partial charge in [0.1, 0.15) is 11.4 Å². The number of hydrogen-bond acceptors (Lipinski definition) is 5. The summed E-state index contributed by atoms with van der Waals surface area (Å²) in [7, 11) is 3.19. The van der Waals surface area contributed by atoms with E-state index in [1.807, 2.05) is 37.3 Å². The first-order valence-corrected chi connectivity index (χ1v) is 10.0. The Morgan fingerprint density at radius 3 is 2.69 bits per heavy atom. The van der Waals surface area contributed by atoms with Crippen molar-refractivity contribution in [2.75, 3.05) is 27.4 Å². The molecule has 1 aromatic carbocycles. The smallest absolute Gasteiger partial charge is 0.269 e. The summed E-state index contributed by atoms with van der Waals surface area (Å²) in [4.78, 5) is 29.8. The van der Waals surface area contributed by atoms with Gasteiger partial charge in [-0.15, -0.1) is 0 Å². The first kappa shape index (κ1) is 19.6. The second kappa shape index (κ2) is 7.95. The molecule has 1 saturated heterocycles. The highest BCUT2D eigenvalue weighted by Crippen LogP contribution is 2.53. The number of pyridine rings is 1. The van der Waals surface area contributed by atoms with Crippen LogP contribution >= 0.6 is 0 Å². The molecule has 2 heterocycles. The molecule has 1 saturated carbocycles. The molecule has 4 atom stereocenters. The number of carbonyl (C=O) groups is 2. The average molecular weight is 394 g/mol. The summed E-state index contributed by atoms with van der Waals surface area (Å²) in [6.45, 7) is 3.54. The molecule has 29 heavy (non-hydrogen) atoms. The van der Waals surface area contributed by atoms with E-state index in [0.717, 1.165) is 24.5 Å². The van der Waals surface area contributed by atoms with Gasteiger partial charge in [-0.25, -0.2) is 4.98 Å². The normalized spacial score (nSPS) is 23.2. The van der Waals surface area contributed by atoms with Gasteiger partial charge in [0.2, 0.25) is 0 Å². The fourth-order valence-electron chi connectivity index (χ4n) is 4.25. The Balaban J connectivity index is 1.63. The maximum Gasteiger partial charge on any atom is 0.269 e. The number of carbonyl (C=O) groups excluding carboxylic acids is 2. The first-order valence-electron chi connectivity index (χ1n) is 10.0. The van der Waals surface area contributed by atoms with Crippen LogP contribution in [-0.2, 0) is 4.74 Å². The molecular formula is C23H26N2O4. The van der Waals surface area contributed by atoms with Crippen molar-refractivity contribution in [3.05, 3.63) is 58.9 Å². The zero-order valence-electron chi connectivity index (χ0n) is 17.0. The number of hydrogen-bond donors (Lipinski definition) is 1. The van der Waals surface area contributed by atoms with E-state index in [0.29, 0.717) is 35.4 Å². The highest BCUT2D eigenvalue weighted by molar-refractivity contribution is 6.00. The van der Waals surface area contributed by atoms with Crippen LogP contribution in [0.2, 0.25) is 0 Å². The minimum atomic E-state index is -0.296. The van der Waals surface area contributed by atoms with Crippen LogP contribution < -0.4 is 10.1 Å². The molecule has 152 valence electrons. The molecule has 0 spiro atoms. The summed E-state index contributed by atoms with van der Waals surface area (Å²) in [6.07, 6.45) is 0.503. The van der Waals surface area contributed by atoms with Crippen molar-refractivity contribution >= 4 is 11.7 Å². The molecule has 1 aliphatic carbocycles. The minimum absolute atomic E-state index is 0.0658. The third-order valence-corrected chi connectivity index (χ3v) is 6.21. The van der Waals surface area contributed by atoms with Crippen LogP contribution in [-0.4, -0.2) is 44.0 Å². The van der Waals surface area contributed by atoms with E-state index in [9.17, 15) is 9.59 Å². The van der Waals surface area contributed by atoms with Crippen molar-refractivity contribution < 1.29 is 19.1 Å². The zero-order valence-corrected chi connectivity index (χ0v) is 17.0. The fraction of sp³-hybridized carbons (Fsp3) is 0.435. The molecular weight excluding hydrogens is 368 g/mol. The Hall–Kier alpha value is -2.73. The van der Waals surface area contributed by atoms with Gasteiger partial charge >= 0.3 is 0 Å². The number of ketones is 1. The van der Waals surface area contributed by atoms with Gasteiger partial charge in [0.25, 0.3) is 5.91 Å². The van der Waals surface area contributed by atoms with Gasteiger partial charge in [-0.05, 0) is 47.6 Å². The van der Waals surface area contributed by atoms with Crippen molar-refractivity contribution in [1.82, 2.24) is 10.3 Å². The summed E-state index contributed by atoms with van der Waals surface area (Å²) < 4.78 is 10.7. The van der Waals surface area contributed by atoms with E-state index in [1.54, 1.807) is 20.2 Å². The van der Waals surface area contributed by atoms with Gasteiger partial charge in [0, 0.05) is 30.6 Å². The predicted molar refractivity (Wildman–Crippen MR) is 108 cm³/mol. The third-order valence-electron chi connectivity index (χ3n) is 6.21. The minimum Gasteiger partial charge on any atom is -0.497 e. The van der Waals surface area contributed by atoms with Crippen LogP contribution in [0.4, 0.5) is 0 Å². The SMILES string of the molecule is CNC(=O)c1cc(C(=O)CC2[C@H]3COC[C@@H]23)cc([C@@H](C)c2cccc(OC)c2)n1. The Morgan fingerprint density at radius 2 is 2.00 bits per heavy atom. The number of methoxy groups -OCH3 is 1. The molecule has 1 aliphatic heterocycles. The van der Waals surface area contributed by atoms with E-state index < -0.39 is 0 Å². The first-order chi connectivity index (χ1) is 14.0. The quantitative estimate of drug-likeness (QED) is 0.731. The summed E-state index contributed by atoms with van der Waals surface area (Å²) in [5, 5.41) is 2.61. The van der Waals surface area contributed by atoms with Crippen LogP contribution in [0, 0.1) is 17.8 Å². The molecule has 0 radical (unpaired) electrons. The monoisotopic (exact) mass is 394 g/mol. The molecule has 6 heteroatoms. The highest BCUT2D eigenvalue weighted by atomic mass is 16.5. The van der Waals surface area contributed by atoms with Gasteiger partial charge < -0.3 is 14.8 Å². The average Bonchev–Trinajstić information content (AvgIpc) is 3.17. The molecule has 4 rings (SSSR count). The molecule has 1 N–H and O–H groups in total. The van der Waals surface area contributed by atoms with Crippen LogP contribution in [0.5, 0.6) is 5.75 Å². The van der Waals surface area contributed by atoms with Gasteiger partial charge in [0.15, 0.2) is 5.78 Å². The number of fused-ring (bicyclic) bond motifs is 1. The number of nitrogens with one attached hydrogen (secondary N) is 1. The van der Waals surface area contributed by atoms with Crippen LogP contribution in [0.25, 0.3) is 0 Å². The van der Waals surface area contributed by atoms with Gasteiger partial charge in [-0.2, -0.15) is 0 Å². The van der Waals surface area contributed by atoms with Gasteiger partial charge in [-0.3, -0.25) is 9.59 Å². The standard InChI is InChI=1S/C23H26N2O4/c1-13(14-5-4-6-16(7-14)28-3)20-8-15(9-21(25-20)23(27)24-2)22(26)10-17-18-11-29-12-19(17)18/h4-9,13,17-19H,10-12H2,1-3H3,(H,24,27)/t13-,17?,18-,19+/m0/s1. The lowest BCUT2D eigenvalue weighted by atomic mass is 9.94. The number of benzene rings is 1. The summed E-state index contributed by atoms with van der Waals surface area (Å²) in [5.41, 5.74) is 2.52. The van der Waals surface area contributed by atoms with E-state index in [2.05, 4.69) is 10.3 Å². The number of ether oxygens (including phenoxy) is 2. The second-order valence-corrected chi connectivity index (χ2v) is 7.90. The summed E-state index contributed by atoms with van der Waals surface area (Å²) in [5.74, 6) is 1.90. The lowest BCUT2D eigenvalue weighted by molar-refractivity contribution is 0.0950. The number of amides is 1. The lowest BCUT2D eigenvalue weighted by Gasteiger charge is -2.15. The Bertz CT molecular complexity index is 932. The van der Waals surface area contributed by atoms with Crippen molar-refractivity contribution in [2.24, 2.45) is 17.8 Å². The number of aromatic nitrogens is 1. The number of Topliss-reactive ketones (excluding diaryl/α,β-unsaturated/α-hetero) is 1. The van der Waals surface area contributed by atoms with E-state index in [4.69, 9.17) is 9.47 Å². The lowest BCUT2D eigenvalue weighted by Crippen LogP contribution is -2.21. The van der Waals surface area contributed by atoms with Crippen molar-refractivity contribution in [2.45, 2.75) is 19.3 Å². The van der Waals surface area contributed by atoms with Crippen molar-refractivity contribution in [3.8, 4) is 5.75 Å². The van der Waals surface area contributed by atoms with E-state index in [1.165, 1.54) is 0 Å². The maximum absolute atomic E-state index is 13.0. The molecule has 1 amide bonds. The Morgan fingerprint density at radius 1 is 1.24 bits per heavy atom. The third kappa shape index (κ3) is 3.90. The van der Waals surface area contributed by atoms with Gasteiger partial charge in [-0.1, -0.05) is 19.1 Å². The number of nitrogens with zero attached hydrogens (tertiary/aromatic N) is 1. The molecule has 2 fully saturated rings. The molecule has 2 aliphatic rings. The largest absolute Gasteiger partial charge is 0.497 e. The van der Waals surface area contributed by atoms with Crippen LogP contribution in [0.1, 0.15) is 51.4 Å². The van der Waals surface area contributed by atoms with E-state index >= 15 is 0 Å². The van der Waals surface area contributed by atoms with Crippen molar-refractivity contribution in [1.29, 1.82) is 0 Å². The summed E-state index contributed by atoms with van der Waals surface area (Å²) in [6, 6.07) is 11.2. The van der Waals surface area contributed by atoms with Crippen LogP contribution in [0.3, 0.4) is 0 Å².